The molecule has 2 amide bonds. The molecular weight excluding hydrogens is 274 g/mol. The summed E-state index contributed by atoms with van der Waals surface area (Å²) in [5.74, 6) is 0.582. The van der Waals surface area contributed by atoms with Gasteiger partial charge >= 0.3 is 6.03 Å². The number of hydrogen-bond acceptors (Lipinski definition) is 2. The Balaban J connectivity index is 2.08. The number of hydrogen-bond donors (Lipinski definition) is 1. The van der Waals surface area contributed by atoms with E-state index >= 15 is 0 Å². The molecule has 1 N–H and O–H groups in total. The van der Waals surface area contributed by atoms with Crippen LogP contribution < -0.4 is 10.2 Å². The van der Waals surface area contributed by atoms with Crippen LogP contribution in [0.4, 0.5) is 16.2 Å². The highest BCUT2D eigenvalue weighted by Gasteiger charge is 2.28. The van der Waals surface area contributed by atoms with Crippen molar-refractivity contribution in [3.05, 3.63) is 24.3 Å². The minimum atomic E-state index is -0.00398. The lowest BCUT2D eigenvalue weighted by Crippen LogP contribution is -2.44. The molecule has 1 fully saturated rings. The van der Waals surface area contributed by atoms with Crippen molar-refractivity contribution in [3.8, 4) is 0 Å². The van der Waals surface area contributed by atoms with E-state index < -0.39 is 0 Å². The number of rotatable bonds is 4. The quantitative estimate of drug-likeness (QED) is 0.905. The van der Waals surface area contributed by atoms with Crippen molar-refractivity contribution in [1.82, 2.24) is 4.90 Å². The Bertz CT molecular complexity index is 503. The van der Waals surface area contributed by atoms with Crippen LogP contribution in [0, 0.1) is 5.92 Å². The van der Waals surface area contributed by atoms with E-state index in [4.69, 9.17) is 0 Å². The molecule has 1 saturated carbocycles. The first kappa shape index (κ1) is 16.7. The molecule has 4 nitrogen and oxygen atoms in total. The molecule has 2 rings (SSSR count). The minimum absolute atomic E-state index is 0.00398. The molecule has 22 heavy (non-hydrogen) atoms. The summed E-state index contributed by atoms with van der Waals surface area (Å²) in [6.45, 7) is 5.27. The number of anilines is 2. The lowest BCUT2D eigenvalue weighted by Gasteiger charge is -2.36. The Morgan fingerprint density at radius 3 is 2.59 bits per heavy atom. The van der Waals surface area contributed by atoms with Gasteiger partial charge in [-0.2, -0.15) is 0 Å². The first-order valence-corrected chi connectivity index (χ1v) is 8.38. The number of benzene rings is 1. The Labute approximate surface area is 134 Å². The van der Waals surface area contributed by atoms with Crippen LogP contribution in [0.2, 0.25) is 0 Å². The molecule has 0 bridgehead atoms. The fourth-order valence-electron chi connectivity index (χ4n) is 3.31. The van der Waals surface area contributed by atoms with Crippen molar-refractivity contribution in [2.75, 3.05) is 30.9 Å². The van der Waals surface area contributed by atoms with Crippen molar-refractivity contribution in [1.29, 1.82) is 0 Å². The monoisotopic (exact) mass is 303 g/mol. The van der Waals surface area contributed by atoms with E-state index in [1.165, 1.54) is 19.3 Å². The van der Waals surface area contributed by atoms with Gasteiger partial charge in [-0.05, 0) is 37.8 Å². The molecule has 0 radical (unpaired) electrons. The maximum Gasteiger partial charge on any atom is 0.321 e. The molecule has 0 saturated heterocycles. The topological polar surface area (TPSA) is 35.6 Å². The predicted octanol–water partition coefficient (Wildman–Crippen LogP) is 4.19. The van der Waals surface area contributed by atoms with Crippen LogP contribution in [0.3, 0.4) is 0 Å². The minimum Gasteiger partial charge on any atom is -0.373 e. The largest absolute Gasteiger partial charge is 0.373 e. The van der Waals surface area contributed by atoms with Crippen LogP contribution in [0.25, 0.3) is 0 Å². The van der Waals surface area contributed by atoms with Gasteiger partial charge in [0.05, 0.1) is 11.4 Å². The smallest absolute Gasteiger partial charge is 0.321 e. The molecule has 0 heterocycles. The summed E-state index contributed by atoms with van der Waals surface area (Å²) in [6, 6.07) is 8.33. The van der Waals surface area contributed by atoms with Gasteiger partial charge in [0.2, 0.25) is 0 Å². The highest BCUT2D eigenvalue weighted by Crippen LogP contribution is 2.29. The van der Waals surface area contributed by atoms with E-state index in [0.29, 0.717) is 12.0 Å². The number of amides is 2. The zero-order valence-electron chi connectivity index (χ0n) is 14.3. The third kappa shape index (κ3) is 3.73. The number of carbonyl (C=O) groups excluding carboxylic acids is 1. The van der Waals surface area contributed by atoms with Crippen molar-refractivity contribution in [3.63, 3.8) is 0 Å². The number of urea groups is 1. The van der Waals surface area contributed by atoms with E-state index in [9.17, 15) is 4.79 Å². The molecule has 122 valence electrons. The van der Waals surface area contributed by atoms with Gasteiger partial charge in [-0.3, -0.25) is 0 Å². The van der Waals surface area contributed by atoms with Gasteiger partial charge in [-0.25, -0.2) is 4.79 Å². The maximum absolute atomic E-state index is 12.6. The summed E-state index contributed by atoms with van der Waals surface area (Å²) in [5.41, 5.74) is 1.94. The molecule has 2 unspecified atom stereocenters. The summed E-state index contributed by atoms with van der Waals surface area (Å²) >= 11 is 0. The Morgan fingerprint density at radius 2 is 1.91 bits per heavy atom. The third-order valence-electron chi connectivity index (χ3n) is 4.92. The van der Waals surface area contributed by atoms with Crippen LogP contribution in [0.15, 0.2) is 24.3 Å². The lowest BCUT2D eigenvalue weighted by molar-refractivity contribution is 0.155. The number of nitrogens with zero attached hydrogens (tertiary/aromatic N) is 2. The standard InChI is InChI=1S/C18H29N3O/c1-5-20(3)17-13-9-7-11-15(17)19-18(22)21(4)16-12-8-6-10-14(16)2/h7,9,11,13-14,16H,5-6,8,10,12H2,1-4H3,(H,19,22). The zero-order chi connectivity index (χ0) is 16.1. The maximum atomic E-state index is 12.6. The van der Waals surface area contributed by atoms with Gasteiger partial charge < -0.3 is 15.1 Å². The fourth-order valence-corrected chi connectivity index (χ4v) is 3.31. The Hall–Kier alpha value is -1.71. The Morgan fingerprint density at radius 1 is 1.23 bits per heavy atom. The van der Waals surface area contributed by atoms with Crippen molar-refractivity contribution in [2.45, 2.75) is 45.6 Å². The zero-order valence-corrected chi connectivity index (χ0v) is 14.3. The molecule has 0 aromatic heterocycles. The highest BCUT2D eigenvalue weighted by molar-refractivity contribution is 5.93. The first-order chi connectivity index (χ1) is 10.5. The van der Waals surface area contributed by atoms with Crippen LogP contribution in [-0.4, -0.2) is 37.6 Å². The van der Waals surface area contributed by atoms with E-state index in [1.54, 1.807) is 0 Å². The summed E-state index contributed by atoms with van der Waals surface area (Å²) in [4.78, 5) is 16.6. The number of nitrogens with one attached hydrogen (secondary N) is 1. The second kappa shape index (κ2) is 7.52. The lowest BCUT2D eigenvalue weighted by atomic mass is 9.85. The first-order valence-electron chi connectivity index (χ1n) is 8.38. The molecule has 1 aromatic rings. The summed E-state index contributed by atoms with van der Waals surface area (Å²) in [7, 11) is 3.96. The van der Waals surface area contributed by atoms with Crippen LogP contribution in [0.5, 0.6) is 0 Å². The second-order valence-electron chi connectivity index (χ2n) is 6.40. The molecule has 2 atom stereocenters. The predicted molar refractivity (Wildman–Crippen MR) is 93.6 cm³/mol. The van der Waals surface area contributed by atoms with E-state index in [2.05, 4.69) is 24.1 Å². The third-order valence-corrected chi connectivity index (χ3v) is 4.92. The second-order valence-corrected chi connectivity index (χ2v) is 6.40. The van der Waals surface area contributed by atoms with E-state index in [-0.39, 0.29) is 6.03 Å². The average Bonchev–Trinajstić information content (AvgIpc) is 2.54. The highest BCUT2D eigenvalue weighted by atomic mass is 16.2. The van der Waals surface area contributed by atoms with Crippen LogP contribution in [0.1, 0.15) is 39.5 Å². The summed E-state index contributed by atoms with van der Waals surface area (Å²) in [6.07, 6.45) is 4.85. The summed E-state index contributed by atoms with van der Waals surface area (Å²) in [5, 5.41) is 3.09. The van der Waals surface area contributed by atoms with Gasteiger partial charge in [0, 0.05) is 26.7 Å². The fraction of sp³-hybridized carbons (Fsp3) is 0.611. The average molecular weight is 303 g/mol. The molecule has 1 aliphatic rings. The van der Waals surface area contributed by atoms with Gasteiger partial charge in [0.15, 0.2) is 0 Å². The van der Waals surface area contributed by atoms with Crippen molar-refractivity contribution in [2.24, 2.45) is 5.92 Å². The van der Waals surface area contributed by atoms with Crippen LogP contribution in [-0.2, 0) is 0 Å². The van der Waals surface area contributed by atoms with E-state index in [1.807, 2.05) is 43.3 Å². The van der Waals surface area contributed by atoms with Crippen molar-refractivity contribution >= 4 is 17.4 Å². The molecular formula is C18H29N3O. The molecule has 0 aliphatic heterocycles. The van der Waals surface area contributed by atoms with Gasteiger partial charge in [-0.1, -0.05) is 31.9 Å². The van der Waals surface area contributed by atoms with Crippen LogP contribution >= 0.6 is 0 Å². The SMILES string of the molecule is CCN(C)c1ccccc1NC(=O)N(C)C1CCCCC1C. The Kier molecular flexibility index (Phi) is 5.69. The normalized spacial score (nSPS) is 21.3. The molecule has 1 aromatic carbocycles. The summed E-state index contributed by atoms with van der Waals surface area (Å²) < 4.78 is 0. The number of carbonyl (C=O) groups is 1. The van der Waals surface area contributed by atoms with Gasteiger partial charge in [0.25, 0.3) is 0 Å². The number of para-hydroxylation sites is 2. The van der Waals surface area contributed by atoms with E-state index in [0.717, 1.165) is 24.3 Å². The molecule has 1 aliphatic carbocycles. The van der Waals surface area contributed by atoms with Gasteiger partial charge in [-0.15, -0.1) is 0 Å². The molecule has 0 spiro atoms. The molecule has 4 heteroatoms. The van der Waals surface area contributed by atoms with Gasteiger partial charge in [0.1, 0.15) is 0 Å². The van der Waals surface area contributed by atoms with Crippen molar-refractivity contribution < 1.29 is 4.79 Å².